The lowest BCUT2D eigenvalue weighted by atomic mass is 9.94. The van der Waals surface area contributed by atoms with Gasteiger partial charge in [-0.3, -0.25) is 4.79 Å². The Morgan fingerprint density at radius 3 is 2.28 bits per heavy atom. The van der Waals surface area contributed by atoms with Crippen molar-refractivity contribution in [1.82, 2.24) is 15.0 Å². The van der Waals surface area contributed by atoms with Crippen molar-refractivity contribution in [3.63, 3.8) is 0 Å². The van der Waals surface area contributed by atoms with E-state index in [1.54, 1.807) is 0 Å². The Morgan fingerprint density at radius 1 is 0.960 bits per heavy atom. The fourth-order valence-electron chi connectivity index (χ4n) is 3.49. The van der Waals surface area contributed by atoms with Crippen molar-refractivity contribution in [2.75, 3.05) is 4.90 Å². The number of hydrogen-bond acceptors (Lipinski definition) is 3. The van der Waals surface area contributed by atoms with Crippen molar-refractivity contribution in [3.8, 4) is 22.5 Å². The normalized spacial score (nSPS) is 13.1. The molecule has 3 aromatic rings. The van der Waals surface area contributed by atoms with E-state index in [1.807, 2.05) is 78.9 Å². The number of nitrogens with zero attached hydrogens (tertiary/aromatic N) is 4. The first-order valence-electron chi connectivity index (χ1n) is 8.59. The quantitative estimate of drug-likeness (QED) is 0.713. The number of carbonyl (C=O) groups excluding carboxylic acids is 1. The van der Waals surface area contributed by atoms with Crippen molar-refractivity contribution in [2.45, 2.75) is 33.4 Å². The molecule has 2 aromatic carbocycles. The molecule has 0 spiro atoms. The van der Waals surface area contributed by atoms with Crippen molar-refractivity contribution < 1.29 is 4.79 Å². The van der Waals surface area contributed by atoms with Crippen LogP contribution in [0.25, 0.3) is 22.5 Å². The molecule has 1 aliphatic heterocycles. The number of para-hydroxylation sites is 1. The molecule has 0 bridgehead atoms. The number of benzene rings is 2. The number of aromatic nitrogens is 3. The van der Waals surface area contributed by atoms with Gasteiger partial charge in [0.25, 0.3) is 5.91 Å². The number of aryl methyl sites for hydroxylation is 1. The second-order valence-corrected chi connectivity index (χ2v) is 6.43. The summed E-state index contributed by atoms with van der Waals surface area (Å²) in [7, 11) is 0. The van der Waals surface area contributed by atoms with Crippen LogP contribution in [0.4, 0.5) is 5.69 Å². The van der Waals surface area contributed by atoms with E-state index >= 15 is 0 Å². The number of hydrogen-bond donors (Lipinski definition) is 0. The summed E-state index contributed by atoms with van der Waals surface area (Å²) in [6.45, 7) is 6.84. The lowest BCUT2D eigenvalue weighted by Crippen LogP contribution is -2.38. The Labute approximate surface area is 146 Å². The number of fused-ring (bicyclic) bond motifs is 5. The summed E-state index contributed by atoms with van der Waals surface area (Å²) >= 11 is 0. The first kappa shape index (κ1) is 15.6. The standard InChI is InChI=1S/C20H20N4O/c1-4-23-19-16-11-7-8-12-17(16)24(13(2)3)20(25)15-10-6-5-9-14(15)18(19)21-22-23/h5-13H,4H2,1-3H3. The Balaban J connectivity index is 2.15. The van der Waals surface area contributed by atoms with Crippen LogP contribution in [0.3, 0.4) is 0 Å². The number of anilines is 1. The van der Waals surface area contributed by atoms with E-state index in [1.165, 1.54) is 0 Å². The summed E-state index contributed by atoms with van der Waals surface area (Å²) in [5, 5.41) is 8.75. The highest BCUT2D eigenvalue weighted by Gasteiger charge is 2.31. The molecule has 2 heterocycles. The lowest BCUT2D eigenvalue weighted by Gasteiger charge is -2.31. The molecule has 126 valence electrons. The Morgan fingerprint density at radius 2 is 1.60 bits per heavy atom. The van der Waals surface area contributed by atoms with Crippen LogP contribution in [0.5, 0.6) is 0 Å². The Hall–Kier alpha value is -2.95. The number of carbonyl (C=O) groups is 1. The third-order valence-corrected chi connectivity index (χ3v) is 4.60. The van der Waals surface area contributed by atoms with Gasteiger partial charge >= 0.3 is 0 Å². The minimum Gasteiger partial charge on any atom is -0.305 e. The maximum absolute atomic E-state index is 13.4. The van der Waals surface area contributed by atoms with Crippen LogP contribution in [-0.4, -0.2) is 26.9 Å². The smallest absolute Gasteiger partial charge is 0.259 e. The van der Waals surface area contributed by atoms with E-state index in [0.29, 0.717) is 12.1 Å². The number of rotatable bonds is 2. The zero-order valence-corrected chi connectivity index (χ0v) is 14.6. The van der Waals surface area contributed by atoms with Gasteiger partial charge in [0.1, 0.15) is 5.69 Å². The third kappa shape index (κ3) is 2.27. The lowest BCUT2D eigenvalue weighted by molar-refractivity contribution is 0.0981. The predicted molar refractivity (Wildman–Crippen MR) is 98.5 cm³/mol. The molecule has 0 saturated heterocycles. The Bertz CT molecular complexity index is 958. The number of amides is 1. The molecule has 5 heteroatoms. The van der Waals surface area contributed by atoms with E-state index in [2.05, 4.69) is 10.3 Å². The van der Waals surface area contributed by atoms with Gasteiger partial charge in [0.05, 0.1) is 11.4 Å². The largest absolute Gasteiger partial charge is 0.305 e. The summed E-state index contributed by atoms with van der Waals surface area (Å²) in [5.41, 5.74) is 5.11. The molecule has 0 aliphatic carbocycles. The average molecular weight is 332 g/mol. The summed E-state index contributed by atoms with van der Waals surface area (Å²) in [6, 6.07) is 15.7. The molecule has 4 rings (SSSR count). The van der Waals surface area contributed by atoms with Crippen LogP contribution < -0.4 is 4.90 Å². The van der Waals surface area contributed by atoms with Gasteiger partial charge in [-0.1, -0.05) is 41.6 Å². The maximum atomic E-state index is 13.4. The Kier molecular flexibility index (Phi) is 3.64. The van der Waals surface area contributed by atoms with Crippen LogP contribution in [0.2, 0.25) is 0 Å². The second kappa shape index (κ2) is 5.84. The summed E-state index contributed by atoms with van der Waals surface area (Å²) in [5.74, 6) is -0.00486. The fraction of sp³-hybridized carbons (Fsp3) is 0.250. The van der Waals surface area contributed by atoms with Crippen molar-refractivity contribution in [2.24, 2.45) is 0 Å². The molecule has 1 amide bonds. The third-order valence-electron chi connectivity index (χ3n) is 4.60. The monoisotopic (exact) mass is 332 g/mol. The first-order chi connectivity index (χ1) is 12.1. The van der Waals surface area contributed by atoms with E-state index in [4.69, 9.17) is 0 Å². The van der Waals surface area contributed by atoms with Crippen molar-refractivity contribution in [3.05, 3.63) is 54.1 Å². The molecular formula is C20H20N4O. The summed E-state index contributed by atoms with van der Waals surface area (Å²) < 4.78 is 1.90. The first-order valence-corrected chi connectivity index (χ1v) is 8.59. The summed E-state index contributed by atoms with van der Waals surface area (Å²) in [4.78, 5) is 15.2. The van der Waals surface area contributed by atoms with Gasteiger partial charge in [-0.25, -0.2) is 4.68 Å². The molecule has 1 aliphatic rings. The molecule has 5 nitrogen and oxygen atoms in total. The van der Waals surface area contributed by atoms with Crippen molar-refractivity contribution >= 4 is 11.6 Å². The second-order valence-electron chi connectivity index (χ2n) is 6.43. The highest BCUT2D eigenvalue weighted by atomic mass is 16.2. The molecule has 25 heavy (non-hydrogen) atoms. The predicted octanol–water partition coefficient (Wildman–Crippen LogP) is 4.00. The van der Waals surface area contributed by atoms with Gasteiger partial charge in [-0.2, -0.15) is 0 Å². The topological polar surface area (TPSA) is 51.0 Å². The minimum absolute atomic E-state index is 0.00486. The van der Waals surface area contributed by atoms with Gasteiger partial charge in [0.2, 0.25) is 0 Å². The minimum atomic E-state index is -0.00486. The van der Waals surface area contributed by atoms with E-state index in [9.17, 15) is 4.79 Å². The zero-order valence-electron chi connectivity index (χ0n) is 14.6. The van der Waals surface area contributed by atoms with Crippen LogP contribution in [-0.2, 0) is 6.54 Å². The molecule has 0 radical (unpaired) electrons. The van der Waals surface area contributed by atoms with Gasteiger partial charge in [0, 0.05) is 29.3 Å². The van der Waals surface area contributed by atoms with Crippen LogP contribution >= 0.6 is 0 Å². The maximum Gasteiger partial charge on any atom is 0.259 e. The van der Waals surface area contributed by atoms with Gasteiger partial charge in [-0.05, 0) is 32.9 Å². The van der Waals surface area contributed by atoms with Gasteiger partial charge in [0.15, 0.2) is 0 Å². The molecule has 0 fully saturated rings. The zero-order chi connectivity index (χ0) is 17.6. The van der Waals surface area contributed by atoms with E-state index < -0.39 is 0 Å². The van der Waals surface area contributed by atoms with Crippen LogP contribution in [0, 0.1) is 0 Å². The van der Waals surface area contributed by atoms with Crippen LogP contribution in [0.1, 0.15) is 31.1 Å². The molecule has 1 aromatic heterocycles. The van der Waals surface area contributed by atoms with E-state index in [0.717, 1.165) is 28.2 Å². The summed E-state index contributed by atoms with van der Waals surface area (Å²) in [6.07, 6.45) is 0. The molecule has 0 N–H and O–H groups in total. The van der Waals surface area contributed by atoms with Crippen molar-refractivity contribution in [1.29, 1.82) is 0 Å². The molecular weight excluding hydrogens is 312 g/mol. The van der Waals surface area contributed by atoms with Crippen LogP contribution in [0.15, 0.2) is 48.5 Å². The van der Waals surface area contributed by atoms with Gasteiger partial charge < -0.3 is 4.90 Å². The molecule has 0 saturated carbocycles. The van der Waals surface area contributed by atoms with Gasteiger partial charge in [-0.15, -0.1) is 5.10 Å². The van der Waals surface area contributed by atoms with E-state index in [-0.39, 0.29) is 11.9 Å². The molecule has 0 unspecified atom stereocenters. The SMILES string of the molecule is CCn1nnc2c1-c1ccccc1N(C(C)C)C(=O)c1ccccc1-2. The fourth-order valence-corrected chi connectivity index (χ4v) is 3.49. The highest BCUT2D eigenvalue weighted by molar-refractivity contribution is 6.14. The average Bonchev–Trinajstić information content (AvgIpc) is 3.04. The molecule has 0 atom stereocenters. The highest BCUT2D eigenvalue weighted by Crippen LogP contribution is 2.41.